The number of nitrogens with one attached hydrogen (secondary N) is 1. The molecule has 0 aliphatic rings. The summed E-state index contributed by atoms with van der Waals surface area (Å²) < 4.78 is 42.5. The Hall–Kier alpha value is -1.63. The molecule has 0 saturated heterocycles. The lowest BCUT2D eigenvalue weighted by Crippen LogP contribution is -2.04. The number of hydrogen-bond donors (Lipinski definition) is 1. The number of hydrogen-bond acceptors (Lipinski definition) is 4. The predicted octanol–water partition coefficient (Wildman–Crippen LogP) is 2.57. The Morgan fingerprint density at radius 2 is 1.88 bits per heavy atom. The van der Waals surface area contributed by atoms with E-state index in [9.17, 15) is 13.2 Å². The molecule has 1 aromatic carbocycles. The van der Waals surface area contributed by atoms with E-state index in [2.05, 4.69) is 14.9 Å². The molecule has 0 bridgehead atoms. The molecule has 0 atom stereocenters. The molecule has 0 amide bonds. The molecule has 0 fully saturated rings. The van der Waals surface area contributed by atoms with Crippen molar-refractivity contribution >= 4 is 17.2 Å². The van der Waals surface area contributed by atoms with Crippen LogP contribution < -0.4 is 5.32 Å². The van der Waals surface area contributed by atoms with E-state index in [4.69, 9.17) is 0 Å². The number of aromatic nitrogens is 2. The van der Waals surface area contributed by atoms with Crippen LogP contribution in [-0.4, -0.2) is 9.59 Å². The third-order valence-corrected chi connectivity index (χ3v) is 2.41. The van der Waals surface area contributed by atoms with E-state index in [0.717, 1.165) is 11.5 Å². The summed E-state index contributed by atoms with van der Waals surface area (Å²) in [6.45, 7) is 0.135. The average Bonchev–Trinajstić information content (AvgIpc) is 2.68. The van der Waals surface area contributed by atoms with E-state index in [1.165, 1.54) is 0 Å². The fraction of sp³-hybridized carbons (Fsp3) is 0.111. The number of benzene rings is 1. The van der Waals surface area contributed by atoms with Crippen LogP contribution in [0.4, 0.5) is 18.9 Å². The van der Waals surface area contributed by atoms with E-state index in [1.54, 1.807) is 5.38 Å². The minimum atomic E-state index is -0.972. The maximum Gasteiger partial charge on any atom is 0.152 e. The highest BCUT2D eigenvalue weighted by Gasteiger charge is 2.11. The Labute approximate surface area is 93.1 Å². The molecule has 0 unspecified atom stereocenters. The van der Waals surface area contributed by atoms with Gasteiger partial charge in [-0.15, -0.1) is 5.10 Å². The highest BCUT2D eigenvalue weighted by molar-refractivity contribution is 7.03. The predicted molar refractivity (Wildman–Crippen MR) is 53.6 cm³/mol. The van der Waals surface area contributed by atoms with Crippen molar-refractivity contribution in [2.45, 2.75) is 6.54 Å². The summed E-state index contributed by atoms with van der Waals surface area (Å²) in [7, 11) is 0. The summed E-state index contributed by atoms with van der Waals surface area (Å²) in [6, 6.07) is 1.23. The third-order valence-electron chi connectivity index (χ3n) is 1.86. The molecule has 1 aromatic heterocycles. The van der Waals surface area contributed by atoms with Crippen molar-refractivity contribution < 1.29 is 13.2 Å². The number of nitrogens with zero attached hydrogens (tertiary/aromatic N) is 2. The Balaban J connectivity index is 2.15. The monoisotopic (exact) mass is 245 g/mol. The molecular weight excluding hydrogens is 239 g/mol. The fourth-order valence-corrected chi connectivity index (χ4v) is 1.60. The summed E-state index contributed by atoms with van der Waals surface area (Å²) in [5.41, 5.74) is 0.197. The first-order chi connectivity index (χ1) is 7.66. The SMILES string of the molecule is Fc1cc(F)c(NCc2csnn2)c(F)c1. The van der Waals surface area contributed by atoms with Gasteiger partial charge in [0.15, 0.2) is 11.6 Å². The molecule has 1 N–H and O–H groups in total. The van der Waals surface area contributed by atoms with Crippen LogP contribution in [0, 0.1) is 17.5 Å². The Morgan fingerprint density at radius 3 is 2.44 bits per heavy atom. The standard InChI is InChI=1S/C9H6F3N3S/c10-5-1-7(11)9(8(12)2-5)13-3-6-4-16-15-14-6/h1-2,4,13H,3H2. The summed E-state index contributed by atoms with van der Waals surface area (Å²) in [5, 5.41) is 7.84. The second-order valence-corrected chi connectivity index (χ2v) is 3.60. The van der Waals surface area contributed by atoms with Gasteiger partial charge >= 0.3 is 0 Å². The minimum Gasteiger partial charge on any atom is -0.375 e. The molecule has 0 spiro atoms. The fourth-order valence-electron chi connectivity index (χ4n) is 1.15. The zero-order valence-electron chi connectivity index (χ0n) is 7.88. The van der Waals surface area contributed by atoms with Gasteiger partial charge in [-0.1, -0.05) is 4.49 Å². The van der Waals surface area contributed by atoms with Crippen LogP contribution >= 0.6 is 11.5 Å². The molecule has 1 heterocycles. The van der Waals surface area contributed by atoms with Crippen molar-refractivity contribution in [3.8, 4) is 0 Å². The second kappa shape index (κ2) is 4.48. The molecular formula is C9H6F3N3S. The van der Waals surface area contributed by atoms with Crippen LogP contribution in [0.5, 0.6) is 0 Å². The van der Waals surface area contributed by atoms with Crippen molar-refractivity contribution in [2.75, 3.05) is 5.32 Å². The van der Waals surface area contributed by atoms with E-state index in [0.29, 0.717) is 17.8 Å². The first-order valence-electron chi connectivity index (χ1n) is 4.31. The van der Waals surface area contributed by atoms with Gasteiger partial charge in [0.2, 0.25) is 0 Å². The van der Waals surface area contributed by atoms with Crippen LogP contribution in [0.15, 0.2) is 17.5 Å². The highest BCUT2D eigenvalue weighted by Crippen LogP contribution is 2.20. The maximum absolute atomic E-state index is 13.2. The number of anilines is 1. The van der Waals surface area contributed by atoms with Gasteiger partial charge in [0, 0.05) is 17.5 Å². The van der Waals surface area contributed by atoms with Crippen LogP contribution in [0.1, 0.15) is 5.69 Å². The Bertz CT molecular complexity index is 464. The summed E-state index contributed by atoms with van der Waals surface area (Å²) in [6.07, 6.45) is 0. The van der Waals surface area contributed by atoms with Crippen molar-refractivity contribution in [3.05, 3.63) is 40.7 Å². The van der Waals surface area contributed by atoms with Gasteiger partial charge in [-0.2, -0.15) is 0 Å². The lowest BCUT2D eigenvalue weighted by Gasteiger charge is -2.06. The third kappa shape index (κ3) is 2.30. The molecule has 16 heavy (non-hydrogen) atoms. The Morgan fingerprint density at radius 1 is 1.19 bits per heavy atom. The first kappa shape index (κ1) is 10.9. The van der Waals surface area contributed by atoms with E-state index in [-0.39, 0.29) is 12.2 Å². The average molecular weight is 245 g/mol. The minimum absolute atomic E-state index is 0.135. The second-order valence-electron chi connectivity index (χ2n) is 2.99. The van der Waals surface area contributed by atoms with Crippen molar-refractivity contribution in [1.29, 1.82) is 0 Å². The van der Waals surface area contributed by atoms with Gasteiger partial charge in [0.1, 0.15) is 11.5 Å². The lowest BCUT2D eigenvalue weighted by atomic mass is 10.2. The summed E-state index contributed by atoms with van der Waals surface area (Å²) in [4.78, 5) is 0. The zero-order chi connectivity index (χ0) is 11.5. The zero-order valence-corrected chi connectivity index (χ0v) is 8.69. The van der Waals surface area contributed by atoms with Crippen LogP contribution in [0.25, 0.3) is 0 Å². The lowest BCUT2D eigenvalue weighted by molar-refractivity contribution is 0.547. The van der Waals surface area contributed by atoms with Crippen LogP contribution in [0.3, 0.4) is 0 Å². The maximum atomic E-state index is 13.2. The Kier molecular flexibility index (Phi) is 3.04. The van der Waals surface area contributed by atoms with E-state index in [1.807, 2.05) is 0 Å². The van der Waals surface area contributed by atoms with Crippen molar-refractivity contribution in [3.63, 3.8) is 0 Å². The molecule has 0 saturated carbocycles. The van der Waals surface area contributed by atoms with E-state index < -0.39 is 17.5 Å². The van der Waals surface area contributed by atoms with Gasteiger partial charge in [-0.3, -0.25) is 0 Å². The van der Waals surface area contributed by atoms with Crippen molar-refractivity contribution in [1.82, 2.24) is 9.59 Å². The van der Waals surface area contributed by atoms with Crippen LogP contribution in [0.2, 0.25) is 0 Å². The molecule has 0 radical (unpaired) electrons. The number of halogens is 3. The van der Waals surface area contributed by atoms with Gasteiger partial charge < -0.3 is 5.32 Å². The smallest absolute Gasteiger partial charge is 0.152 e. The topological polar surface area (TPSA) is 37.8 Å². The highest BCUT2D eigenvalue weighted by atomic mass is 32.1. The molecule has 0 aliphatic carbocycles. The van der Waals surface area contributed by atoms with Gasteiger partial charge in [0.25, 0.3) is 0 Å². The van der Waals surface area contributed by atoms with Crippen LogP contribution in [-0.2, 0) is 6.54 Å². The van der Waals surface area contributed by atoms with Gasteiger partial charge in [0.05, 0.1) is 12.2 Å². The molecule has 7 heteroatoms. The summed E-state index contributed by atoms with van der Waals surface area (Å²) in [5.74, 6) is -2.89. The molecule has 2 aromatic rings. The first-order valence-corrected chi connectivity index (χ1v) is 5.15. The van der Waals surface area contributed by atoms with E-state index >= 15 is 0 Å². The van der Waals surface area contributed by atoms with Crippen molar-refractivity contribution in [2.24, 2.45) is 0 Å². The molecule has 84 valence electrons. The van der Waals surface area contributed by atoms with Gasteiger partial charge in [-0.25, -0.2) is 13.2 Å². The normalized spacial score (nSPS) is 10.4. The quantitative estimate of drug-likeness (QED) is 0.903. The molecule has 2 rings (SSSR count). The summed E-state index contributed by atoms with van der Waals surface area (Å²) >= 11 is 1.14. The molecule has 3 nitrogen and oxygen atoms in total. The molecule has 0 aliphatic heterocycles. The van der Waals surface area contributed by atoms with Gasteiger partial charge in [-0.05, 0) is 11.5 Å². The largest absolute Gasteiger partial charge is 0.375 e. The number of rotatable bonds is 3.